The maximum atomic E-state index is 10.8. The number of amidine groups is 1. The van der Waals surface area contributed by atoms with Crippen molar-refractivity contribution in [3.63, 3.8) is 0 Å². The number of halogens is 1. The van der Waals surface area contributed by atoms with Gasteiger partial charge in [-0.3, -0.25) is 5.41 Å². The first-order valence-electron chi connectivity index (χ1n) is 3.26. The van der Waals surface area contributed by atoms with Crippen LogP contribution >= 0.6 is 12.4 Å². The summed E-state index contributed by atoms with van der Waals surface area (Å²) in [5, 5.41) is 10.2. The average Bonchev–Trinajstić information content (AvgIpc) is 2.04. The van der Waals surface area contributed by atoms with Crippen LogP contribution in [0.25, 0.3) is 0 Å². The second-order valence-corrected chi connectivity index (χ2v) is 1.76. The van der Waals surface area contributed by atoms with Gasteiger partial charge in [-0.25, -0.2) is 4.79 Å². The summed E-state index contributed by atoms with van der Waals surface area (Å²) in [6.07, 6.45) is 0. The third-order valence-corrected chi connectivity index (χ3v) is 0.919. The van der Waals surface area contributed by atoms with E-state index in [4.69, 9.17) is 11.1 Å². The number of methoxy groups -OCH3 is 1. The largest absolute Gasteiger partial charge is 0.464 e. The van der Waals surface area contributed by atoms with Crippen LogP contribution in [0.4, 0.5) is 0 Å². The first-order valence-corrected chi connectivity index (χ1v) is 3.26. The van der Waals surface area contributed by atoms with E-state index in [-0.39, 0.29) is 18.1 Å². The van der Waals surface area contributed by atoms with Crippen LogP contribution in [0.15, 0.2) is 5.16 Å². The molecule has 3 N–H and O–H groups in total. The van der Waals surface area contributed by atoms with Gasteiger partial charge < -0.3 is 15.3 Å². The molecule has 13 heavy (non-hydrogen) atoms. The molecule has 0 aromatic rings. The van der Waals surface area contributed by atoms with Gasteiger partial charge in [-0.15, -0.1) is 12.4 Å². The molecular formula is C6H12ClN3O3. The van der Waals surface area contributed by atoms with Crippen LogP contribution in [0.2, 0.25) is 0 Å². The Balaban J connectivity index is 0. The Bertz CT molecular complexity index is 217. The Kier molecular flexibility index (Phi) is 8.05. The fourth-order valence-corrected chi connectivity index (χ4v) is 0.422. The Hall–Kier alpha value is -1.30. The van der Waals surface area contributed by atoms with Crippen molar-refractivity contribution in [2.45, 2.75) is 6.92 Å². The monoisotopic (exact) mass is 209 g/mol. The third kappa shape index (κ3) is 5.02. The van der Waals surface area contributed by atoms with E-state index >= 15 is 0 Å². The molecule has 0 spiro atoms. The van der Waals surface area contributed by atoms with E-state index < -0.39 is 11.8 Å². The zero-order valence-corrected chi connectivity index (χ0v) is 8.18. The van der Waals surface area contributed by atoms with Crippen molar-refractivity contribution in [2.75, 3.05) is 13.7 Å². The van der Waals surface area contributed by atoms with Gasteiger partial charge in [-0.1, -0.05) is 5.16 Å². The second-order valence-electron chi connectivity index (χ2n) is 1.76. The van der Waals surface area contributed by atoms with Crippen LogP contribution in [0.3, 0.4) is 0 Å². The normalized spacial score (nSPS) is 9.85. The van der Waals surface area contributed by atoms with E-state index in [1.807, 2.05) is 0 Å². The van der Waals surface area contributed by atoms with Gasteiger partial charge in [-0.2, -0.15) is 0 Å². The molecule has 0 aliphatic rings. The summed E-state index contributed by atoms with van der Waals surface area (Å²) >= 11 is 0. The van der Waals surface area contributed by atoms with Crippen LogP contribution in [-0.2, 0) is 14.4 Å². The van der Waals surface area contributed by atoms with Gasteiger partial charge in [0, 0.05) is 0 Å². The number of oxime groups is 1. The van der Waals surface area contributed by atoms with Gasteiger partial charge in [0.1, 0.15) is 6.61 Å². The molecule has 0 heterocycles. The molecule has 6 nitrogen and oxygen atoms in total. The summed E-state index contributed by atoms with van der Waals surface area (Å²) in [6, 6.07) is 0. The molecule has 0 aromatic carbocycles. The second kappa shape index (κ2) is 7.35. The van der Waals surface area contributed by atoms with Gasteiger partial charge in [0.2, 0.25) is 5.71 Å². The predicted molar refractivity (Wildman–Crippen MR) is 50.2 cm³/mol. The number of carbonyl (C=O) groups excluding carboxylic acids is 1. The highest BCUT2D eigenvalue weighted by Crippen LogP contribution is 1.85. The average molecular weight is 210 g/mol. The van der Waals surface area contributed by atoms with Crippen molar-refractivity contribution in [3.05, 3.63) is 0 Å². The number of carbonyl (C=O) groups is 1. The molecule has 0 radical (unpaired) electrons. The first-order chi connectivity index (χ1) is 5.63. The van der Waals surface area contributed by atoms with E-state index in [0.29, 0.717) is 6.61 Å². The number of hydrogen-bond donors (Lipinski definition) is 2. The number of nitrogens with two attached hydrogens (primary N) is 1. The van der Waals surface area contributed by atoms with Gasteiger partial charge in [0.25, 0.3) is 0 Å². The number of rotatable bonds is 4. The van der Waals surface area contributed by atoms with Crippen LogP contribution in [0.5, 0.6) is 0 Å². The molecule has 0 unspecified atom stereocenters. The topological polar surface area (TPSA) is 97.8 Å². The van der Waals surface area contributed by atoms with E-state index in [1.165, 1.54) is 7.11 Å². The van der Waals surface area contributed by atoms with Gasteiger partial charge in [0.15, 0.2) is 5.84 Å². The predicted octanol–water partition coefficient (Wildman–Crippen LogP) is -0.0903. The van der Waals surface area contributed by atoms with Crippen molar-refractivity contribution >= 4 is 29.9 Å². The molecular weight excluding hydrogens is 198 g/mol. The molecule has 0 saturated heterocycles. The lowest BCUT2D eigenvalue weighted by Gasteiger charge is -2.00. The fraction of sp³-hybridized carbons (Fsp3) is 0.500. The lowest BCUT2D eigenvalue weighted by atomic mass is 10.3. The molecule has 0 rings (SSSR count). The summed E-state index contributed by atoms with van der Waals surface area (Å²) in [4.78, 5) is 15.4. The Labute approximate surface area is 82.0 Å². The smallest absolute Gasteiger partial charge is 0.363 e. The van der Waals surface area contributed by atoms with Crippen molar-refractivity contribution < 1.29 is 14.4 Å². The highest BCUT2D eigenvalue weighted by Gasteiger charge is 2.15. The van der Waals surface area contributed by atoms with Gasteiger partial charge in [-0.05, 0) is 6.92 Å². The molecule has 0 amide bonds. The van der Waals surface area contributed by atoms with E-state index in [1.54, 1.807) is 6.92 Å². The summed E-state index contributed by atoms with van der Waals surface area (Å²) < 4.78 is 4.30. The molecule has 0 aliphatic carbocycles. The van der Waals surface area contributed by atoms with Gasteiger partial charge in [0.05, 0.1) is 7.11 Å². The summed E-state index contributed by atoms with van der Waals surface area (Å²) in [5.74, 6) is -1.26. The minimum absolute atomic E-state index is 0. The minimum atomic E-state index is -0.782. The fourth-order valence-electron chi connectivity index (χ4n) is 0.422. The van der Waals surface area contributed by atoms with Crippen LogP contribution in [0, 0.1) is 5.41 Å². The zero-order valence-electron chi connectivity index (χ0n) is 7.36. The molecule has 76 valence electrons. The maximum Gasteiger partial charge on any atom is 0.363 e. The lowest BCUT2D eigenvalue weighted by molar-refractivity contribution is -0.132. The molecule has 7 heteroatoms. The third-order valence-electron chi connectivity index (χ3n) is 0.919. The SMILES string of the molecule is CCO/N=C(\C(=N)N)C(=O)OC.Cl. The number of hydrogen-bond acceptors (Lipinski definition) is 5. The van der Waals surface area contributed by atoms with Crippen molar-refractivity contribution in [1.29, 1.82) is 5.41 Å². The molecule has 0 fully saturated rings. The number of nitrogens with one attached hydrogen (secondary N) is 1. The molecule has 0 saturated carbocycles. The highest BCUT2D eigenvalue weighted by molar-refractivity contribution is 6.64. The van der Waals surface area contributed by atoms with E-state index in [0.717, 1.165) is 0 Å². The Morgan fingerprint density at radius 3 is 2.46 bits per heavy atom. The summed E-state index contributed by atoms with van der Waals surface area (Å²) in [6.45, 7) is 1.99. The van der Waals surface area contributed by atoms with E-state index in [9.17, 15) is 4.79 Å². The van der Waals surface area contributed by atoms with Crippen molar-refractivity contribution in [2.24, 2.45) is 10.9 Å². The van der Waals surface area contributed by atoms with Crippen molar-refractivity contribution in [1.82, 2.24) is 0 Å². The maximum absolute atomic E-state index is 10.8. The Morgan fingerprint density at radius 1 is 1.62 bits per heavy atom. The number of ether oxygens (including phenoxy) is 1. The van der Waals surface area contributed by atoms with Crippen LogP contribution in [0.1, 0.15) is 6.92 Å². The molecule has 0 aliphatic heterocycles. The highest BCUT2D eigenvalue weighted by atomic mass is 35.5. The standard InChI is InChI=1S/C6H11N3O3.ClH/c1-3-12-9-4(5(7)8)6(10)11-2;/h3H2,1-2H3,(H3,7,8);1H/b9-4+;. The summed E-state index contributed by atoms with van der Waals surface area (Å²) in [7, 11) is 1.17. The zero-order chi connectivity index (χ0) is 9.56. The van der Waals surface area contributed by atoms with E-state index in [2.05, 4.69) is 14.7 Å². The molecule has 0 atom stereocenters. The Morgan fingerprint density at radius 2 is 2.15 bits per heavy atom. The number of nitrogens with zero attached hydrogens (tertiary/aromatic N) is 1. The number of esters is 1. The molecule has 0 aromatic heterocycles. The summed E-state index contributed by atoms with van der Waals surface area (Å²) in [5.41, 5.74) is 4.71. The van der Waals surface area contributed by atoms with Crippen LogP contribution in [-0.4, -0.2) is 31.2 Å². The lowest BCUT2D eigenvalue weighted by Crippen LogP contribution is -2.31. The molecule has 0 bridgehead atoms. The van der Waals surface area contributed by atoms with Crippen LogP contribution < -0.4 is 5.73 Å². The quantitative estimate of drug-likeness (QED) is 0.293. The minimum Gasteiger partial charge on any atom is -0.464 e. The first kappa shape index (κ1) is 14.2. The van der Waals surface area contributed by atoms with Crippen molar-refractivity contribution in [3.8, 4) is 0 Å². The van der Waals surface area contributed by atoms with Gasteiger partial charge >= 0.3 is 5.97 Å².